The van der Waals surface area contributed by atoms with Crippen molar-refractivity contribution >= 4 is 22.6 Å². The zero-order valence-corrected chi connectivity index (χ0v) is 13.7. The van der Waals surface area contributed by atoms with Crippen molar-refractivity contribution in [2.45, 2.75) is 0 Å². The van der Waals surface area contributed by atoms with Crippen LogP contribution in [0.4, 0.5) is 0 Å². The van der Waals surface area contributed by atoms with Crippen LogP contribution < -0.4 is 28.7 Å². The predicted molar refractivity (Wildman–Crippen MR) is 67.6 cm³/mol. The maximum absolute atomic E-state index is 5.62. The largest absolute Gasteiger partial charge is 1.00 e. The SMILES string of the molecule is C[N+](C)(C)CCOc1ccc(I)cc1.[I-]. The Balaban J connectivity index is 0.00000196. The first-order chi connectivity index (χ1) is 6.47. The van der Waals surface area contributed by atoms with Gasteiger partial charge in [0.2, 0.25) is 0 Å². The second-order valence-corrected chi connectivity index (χ2v) is 5.56. The van der Waals surface area contributed by atoms with Gasteiger partial charge >= 0.3 is 0 Å². The molecule has 0 fully saturated rings. The average Bonchev–Trinajstić information content (AvgIpc) is 2.06. The van der Waals surface area contributed by atoms with E-state index >= 15 is 0 Å². The molecular formula is C11H17I2NO. The molecule has 86 valence electrons. The predicted octanol–water partition coefficient (Wildman–Crippen LogP) is -0.620. The van der Waals surface area contributed by atoms with E-state index in [1.807, 2.05) is 12.1 Å². The molecule has 0 saturated heterocycles. The zero-order valence-electron chi connectivity index (χ0n) is 9.34. The third-order valence-electron chi connectivity index (χ3n) is 1.84. The minimum Gasteiger partial charge on any atom is -1.00 e. The Morgan fingerprint density at radius 2 is 1.67 bits per heavy atom. The summed E-state index contributed by atoms with van der Waals surface area (Å²) in [5, 5.41) is 0. The van der Waals surface area contributed by atoms with Crippen LogP contribution in [0.5, 0.6) is 5.75 Å². The normalized spacial score (nSPS) is 10.7. The van der Waals surface area contributed by atoms with Crippen molar-refractivity contribution in [3.8, 4) is 5.75 Å². The van der Waals surface area contributed by atoms with Crippen LogP contribution in [0.2, 0.25) is 0 Å². The van der Waals surface area contributed by atoms with E-state index in [4.69, 9.17) is 4.74 Å². The number of likely N-dealkylation sites (N-methyl/N-ethyl adjacent to an activating group) is 1. The first-order valence-electron chi connectivity index (χ1n) is 4.66. The van der Waals surface area contributed by atoms with Crippen molar-refractivity contribution < 1.29 is 33.2 Å². The standard InChI is InChI=1S/C11H17INO.HI/c1-13(2,3)8-9-14-11-6-4-10(12)5-7-11;/h4-7H,8-9H2,1-3H3;1H/q+1;/p-1. The molecule has 0 heterocycles. The average molecular weight is 433 g/mol. The van der Waals surface area contributed by atoms with Crippen LogP contribution in [-0.2, 0) is 0 Å². The van der Waals surface area contributed by atoms with Crippen molar-refractivity contribution in [2.75, 3.05) is 34.3 Å². The lowest BCUT2D eigenvalue weighted by Gasteiger charge is -2.23. The third-order valence-corrected chi connectivity index (χ3v) is 2.56. The zero-order chi connectivity index (χ0) is 10.6. The summed E-state index contributed by atoms with van der Waals surface area (Å²) in [4.78, 5) is 0. The number of halogens is 2. The maximum Gasteiger partial charge on any atom is 0.137 e. The molecule has 0 radical (unpaired) electrons. The minimum absolute atomic E-state index is 0. The summed E-state index contributed by atoms with van der Waals surface area (Å²) in [5.41, 5.74) is 0. The van der Waals surface area contributed by atoms with Crippen LogP contribution in [0.15, 0.2) is 24.3 Å². The summed E-state index contributed by atoms with van der Waals surface area (Å²) in [6.07, 6.45) is 0. The monoisotopic (exact) mass is 433 g/mol. The first kappa shape index (κ1) is 15.4. The summed E-state index contributed by atoms with van der Waals surface area (Å²) < 4.78 is 7.79. The molecule has 2 nitrogen and oxygen atoms in total. The Bertz CT molecular complexity index is 280. The van der Waals surface area contributed by atoms with Crippen molar-refractivity contribution in [2.24, 2.45) is 0 Å². The highest BCUT2D eigenvalue weighted by Gasteiger charge is 2.06. The number of rotatable bonds is 4. The van der Waals surface area contributed by atoms with Gasteiger partial charge in [0.1, 0.15) is 18.9 Å². The molecule has 0 atom stereocenters. The van der Waals surface area contributed by atoms with E-state index in [9.17, 15) is 0 Å². The summed E-state index contributed by atoms with van der Waals surface area (Å²) in [6, 6.07) is 8.14. The van der Waals surface area contributed by atoms with Crippen LogP contribution in [0.3, 0.4) is 0 Å². The second-order valence-electron chi connectivity index (χ2n) is 4.32. The van der Waals surface area contributed by atoms with Crippen LogP contribution >= 0.6 is 22.6 Å². The van der Waals surface area contributed by atoms with E-state index in [0.717, 1.165) is 23.4 Å². The number of hydrogen-bond acceptors (Lipinski definition) is 1. The fraction of sp³-hybridized carbons (Fsp3) is 0.455. The van der Waals surface area contributed by atoms with Crippen LogP contribution in [-0.4, -0.2) is 38.8 Å². The number of ether oxygens (including phenoxy) is 1. The molecule has 0 saturated carbocycles. The van der Waals surface area contributed by atoms with Crippen molar-refractivity contribution in [1.82, 2.24) is 0 Å². The molecule has 1 aromatic rings. The Hall–Kier alpha value is 0.440. The molecular weight excluding hydrogens is 416 g/mol. The highest BCUT2D eigenvalue weighted by atomic mass is 127. The van der Waals surface area contributed by atoms with Gasteiger partial charge in [-0.1, -0.05) is 0 Å². The fourth-order valence-electron chi connectivity index (χ4n) is 0.968. The molecule has 15 heavy (non-hydrogen) atoms. The van der Waals surface area contributed by atoms with Gasteiger partial charge in [0.15, 0.2) is 0 Å². The smallest absolute Gasteiger partial charge is 0.137 e. The molecule has 1 rings (SSSR count). The first-order valence-corrected chi connectivity index (χ1v) is 5.74. The van der Waals surface area contributed by atoms with Gasteiger partial charge in [-0.05, 0) is 46.9 Å². The molecule has 0 aromatic heterocycles. The summed E-state index contributed by atoms with van der Waals surface area (Å²) in [5.74, 6) is 0.957. The number of hydrogen-bond donors (Lipinski definition) is 0. The van der Waals surface area contributed by atoms with E-state index in [1.54, 1.807) is 0 Å². The van der Waals surface area contributed by atoms with Gasteiger partial charge in [0.05, 0.1) is 21.1 Å². The lowest BCUT2D eigenvalue weighted by Crippen LogP contribution is -3.00. The van der Waals surface area contributed by atoms with Gasteiger partial charge in [-0.15, -0.1) is 0 Å². The summed E-state index contributed by atoms with van der Waals surface area (Å²) >= 11 is 2.29. The van der Waals surface area contributed by atoms with Crippen molar-refractivity contribution in [3.63, 3.8) is 0 Å². The van der Waals surface area contributed by atoms with Gasteiger partial charge in [-0.25, -0.2) is 0 Å². The lowest BCUT2D eigenvalue weighted by atomic mass is 10.3. The van der Waals surface area contributed by atoms with Gasteiger partial charge in [-0.2, -0.15) is 0 Å². The fourth-order valence-corrected chi connectivity index (χ4v) is 1.33. The highest BCUT2D eigenvalue weighted by molar-refractivity contribution is 14.1. The quantitative estimate of drug-likeness (QED) is 0.455. The molecule has 0 bridgehead atoms. The topological polar surface area (TPSA) is 9.23 Å². The van der Waals surface area contributed by atoms with Crippen molar-refractivity contribution in [1.29, 1.82) is 0 Å². The highest BCUT2D eigenvalue weighted by Crippen LogP contribution is 2.13. The van der Waals surface area contributed by atoms with E-state index in [1.165, 1.54) is 3.57 Å². The number of nitrogens with zero attached hydrogens (tertiary/aromatic N) is 1. The number of quaternary nitrogens is 1. The Labute approximate surface area is 123 Å². The van der Waals surface area contributed by atoms with Gasteiger partial charge in [0, 0.05) is 3.57 Å². The van der Waals surface area contributed by atoms with Crippen molar-refractivity contribution in [3.05, 3.63) is 27.8 Å². The second kappa shape index (κ2) is 6.90. The molecule has 0 aliphatic heterocycles. The molecule has 1 aromatic carbocycles. The molecule has 0 aliphatic rings. The van der Waals surface area contributed by atoms with E-state index < -0.39 is 0 Å². The minimum atomic E-state index is 0. The Kier molecular flexibility index (Phi) is 7.10. The Morgan fingerprint density at radius 3 is 2.13 bits per heavy atom. The molecule has 0 unspecified atom stereocenters. The summed E-state index contributed by atoms with van der Waals surface area (Å²) in [6.45, 7) is 1.79. The maximum atomic E-state index is 5.62. The molecule has 4 heteroatoms. The van der Waals surface area contributed by atoms with Crippen LogP contribution in [0.25, 0.3) is 0 Å². The lowest BCUT2D eigenvalue weighted by molar-refractivity contribution is -0.870. The Morgan fingerprint density at radius 1 is 1.13 bits per heavy atom. The van der Waals surface area contributed by atoms with Gasteiger partial charge < -0.3 is 33.2 Å². The van der Waals surface area contributed by atoms with E-state index in [-0.39, 0.29) is 24.0 Å². The van der Waals surface area contributed by atoms with Crippen LogP contribution in [0.1, 0.15) is 0 Å². The van der Waals surface area contributed by atoms with Crippen LogP contribution in [0, 0.1) is 3.57 Å². The number of benzene rings is 1. The van der Waals surface area contributed by atoms with Gasteiger partial charge in [0.25, 0.3) is 0 Å². The molecule has 0 aliphatic carbocycles. The molecule has 0 amide bonds. The van der Waals surface area contributed by atoms with E-state index in [2.05, 4.69) is 55.9 Å². The van der Waals surface area contributed by atoms with Gasteiger partial charge in [-0.3, -0.25) is 0 Å². The molecule has 0 N–H and O–H groups in total. The third kappa shape index (κ3) is 7.35. The molecule has 0 spiro atoms. The summed E-state index contributed by atoms with van der Waals surface area (Å²) in [7, 11) is 6.49. The van der Waals surface area contributed by atoms with E-state index in [0.29, 0.717) is 0 Å².